The second-order valence-electron chi connectivity index (χ2n) is 6.75. The molecule has 1 unspecified atom stereocenters. The quantitative estimate of drug-likeness (QED) is 0.736. The van der Waals surface area contributed by atoms with Crippen LogP contribution in [0.2, 0.25) is 0 Å². The van der Waals surface area contributed by atoms with Crippen LogP contribution in [-0.4, -0.2) is 21.5 Å². The summed E-state index contributed by atoms with van der Waals surface area (Å²) in [6.45, 7) is 2.30. The standard InChI is InChI=1S/C19H17N3O/c1-11-2-4-15-12(8-11)9-21-14-3-5-17(23)18-13-10-20-7-6-16(13)22(15)19(14)18/h3,6-7,9-11H,2,4-5,8H2,1H3. The number of ketones is 1. The van der Waals surface area contributed by atoms with Crippen LogP contribution in [0.5, 0.6) is 0 Å². The Kier molecular flexibility index (Phi) is 2.55. The molecule has 0 saturated heterocycles. The van der Waals surface area contributed by atoms with Crippen LogP contribution in [0, 0.1) is 5.92 Å². The van der Waals surface area contributed by atoms with Gasteiger partial charge in [0.1, 0.15) is 0 Å². The fraction of sp³-hybridized carbons (Fsp3) is 0.316. The monoisotopic (exact) mass is 303 g/mol. The molecule has 0 N–H and O–H groups in total. The third-order valence-corrected chi connectivity index (χ3v) is 5.21. The number of aliphatic imine (C=N–C) groups is 1. The van der Waals surface area contributed by atoms with Crippen molar-refractivity contribution in [3.63, 3.8) is 0 Å². The van der Waals surface area contributed by atoms with E-state index in [2.05, 4.69) is 16.5 Å². The van der Waals surface area contributed by atoms with Gasteiger partial charge in [-0.05, 0) is 42.9 Å². The van der Waals surface area contributed by atoms with Crippen LogP contribution in [0.1, 0.15) is 48.7 Å². The van der Waals surface area contributed by atoms with Gasteiger partial charge in [-0.25, -0.2) is 0 Å². The van der Waals surface area contributed by atoms with E-state index in [4.69, 9.17) is 4.99 Å². The molecule has 0 radical (unpaired) electrons. The number of carbonyl (C=O) groups excluding carboxylic acids is 1. The predicted octanol–water partition coefficient (Wildman–Crippen LogP) is 4.08. The maximum absolute atomic E-state index is 12.6. The molecule has 0 amide bonds. The summed E-state index contributed by atoms with van der Waals surface area (Å²) in [5.74, 6) is 0.854. The van der Waals surface area contributed by atoms with E-state index in [0.717, 1.165) is 40.7 Å². The van der Waals surface area contributed by atoms with Crippen molar-refractivity contribution in [3.05, 3.63) is 41.4 Å². The van der Waals surface area contributed by atoms with E-state index in [1.165, 1.54) is 17.7 Å². The maximum Gasteiger partial charge on any atom is 0.169 e. The van der Waals surface area contributed by atoms with E-state index in [9.17, 15) is 4.79 Å². The van der Waals surface area contributed by atoms with Crippen molar-refractivity contribution < 1.29 is 4.79 Å². The van der Waals surface area contributed by atoms with Gasteiger partial charge in [0, 0.05) is 36.1 Å². The topological polar surface area (TPSA) is 47.2 Å². The Bertz CT molecular complexity index is 958. The Hall–Kier alpha value is -2.49. The van der Waals surface area contributed by atoms with Gasteiger partial charge in [0.05, 0.1) is 22.5 Å². The molecule has 2 aromatic heterocycles. The van der Waals surface area contributed by atoms with E-state index in [1.807, 2.05) is 30.8 Å². The highest BCUT2D eigenvalue weighted by atomic mass is 16.1. The molecule has 2 aromatic rings. The predicted molar refractivity (Wildman–Crippen MR) is 91.4 cm³/mol. The number of hydrogen-bond acceptors (Lipinski definition) is 3. The van der Waals surface area contributed by atoms with Crippen molar-refractivity contribution in [2.24, 2.45) is 10.9 Å². The number of aromatic nitrogens is 2. The first-order valence-corrected chi connectivity index (χ1v) is 8.22. The van der Waals surface area contributed by atoms with Gasteiger partial charge in [-0.3, -0.25) is 14.8 Å². The first kappa shape index (κ1) is 13.0. The van der Waals surface area contributed by atoms with Crippen molar-refractivity contribution in [1.82, 2.24) is 9.55 Å². The molecule has 1 atom stereocenters. The van der Waals surface area contributed by atoms with Gasteiger partial charge in [0.15, 0.2) is 5.78 Å². The number of fused-ring (bicyclic) bond motifs is 4. The average molecular weight is 303 g/mol. The summed E-state index contributed by atoms with van der Waals surface area (Å²) < 4.78 is 2.28. The van der Waals surface area contributed by atoms with Crippen molar-refractivity contribution in [2.45, 2.75) is 32.6 Å². The summed E-state index contributed by atoms with van der Waals surface area (Å²) in [5, 5.41) is 0.959. The van der Waals surface area contributed by atoms with Gasteiger partial charge in [-0.1, -0.05) is 6.92 Å². The Balaban J connectivity index is 1.94. The highest BCUT2D eigenvalue weighted by Crippen LogP contribution is 2.43. The van der Waals surface area contributed by atoms with E-state index in [0.29, 0.717) is 12.3 Å². The Morgan fingerprint density at radius 2 is 2.26 bits per heavy atom. The minimum absolute atomic E-state index is 0.170. The lowest BCUT2D eigenvalue weighted by atomic mass is 9.88. The minimum atomic E-state index is 0.170. The molecule has 2 aliphatic carbocycles. The summed E-state index contributed by atoms with van der Waals surface area (Å²) in [7, 11) is 0. The molecule has 114 valence electrons. The van der Waals surface area contributed by atoms with E-state index < -0.39 is 0 Å². The zero-order valence-corrected chi connectivity index (χ0v) is 13.0. The Morgan fingerprint density at radius 3 is 3.17 bits per heavy atom. The molecule has 23 heavy (non-hydrogen) atoms. The summed E-state index contributed by atoms with van der Waals surface area (Å²) in [6.07, 6.45) is 11.3. The molecule has 0 saturated carbocycles. The third kappa shape index (κ3) is 1.69. The summed E-state index contributed by atoms with van der Waals surface area (Å²) >= 11 is 0. The number of Topliss-reactive ketones (excluding diaryl/α,β-unsaturated/α-hetero) is 1. The second kappa shape index (κ2) is 4.51. The van der Waals surface area contributed by atoms with Crippen LogP contribution in [0.25, 0.3) is 22.3 Å². The van der Waals surface area contributed by atoms with Crippen molar-refractivity contribution >= 4 is 34.3 Å². The number of rotatable bonds is 0. The number of pyridine rings is 1. The van der Waals surface area contributed by atoms with Gasteiger partial charge >= 0.3 is 0 Å². The van der Waals surface area contributed by atoms with Crippen LogP contribution in [0.15, 0.2) is 35.1 Å². The largest absolute Gasteiger partial charge is 0.310 e. The van der Waals surface area contributed by atoms with Crippen LogP contribution in [0.3, 0.4) is 0 Å². The maximum atomic E-state index is 12.6. The zero-order valence-electron chi connectivity index (χ0n) is 13.0. The van der Waals surface area contributed by atoms with E-state index in [-0.39, 0.29) is 5.78 Å². The molecule has 4 heteroatoms. The summed E-state index contributed by atoms with van der Waals surface area (Å²) in [6, 6.07) is 2.02. The third-order valence-electron chi connectivity index (χ3n) is 5.21. The summed E-state index contributed by atoms with van der Waals surface area (Å²) in [5.41, 5.74) is 6.40. The molecule has 3 heterocycles. The molecule has 5 rings (SSSR count). The number of nitrogens with zero attached hydrogens (tertiary/aromatic N) is 3. The zero-order chi connectivity index (χ0) is 15.6. The number of allylic oxidation sites excluding steroid dienone is 3. The lowest BCUT2D eigenvalue weighted by molar-refractivity contribution is 0.0995. The van der Waals surface area contributed by atoms with E-state index >= 15 is 0 Å². The highest BCUT2D eigenvalue weighted by molar-refractivity contribution is 6.16. The van der Waals surface area contributed by atoms with Crippen molar-refractivity contribution in [1.29, 1.82) is 0 Å². The molecule has 0 bridgehead atoms. The second-order valence-corrected chi connectivity index (χ2v) is 6.75. The van der Waals surface area contributed by atoms with Gasteiger partial charge in [-0.2, -0.15) is 0 Å². The average Bonchev–Trinajstić information content (AvgIpc) is 2.82. The molecule has 0 fully saturated rings. The van der Waals surface area contributed by atoms with Crippen molar-refractivity contribution in [3.8, 4) is 0 Å². The molecule has 1 aliphatic heterocycles. The Labute approximate surface area is 134 Å². The molecule has 0 aromatic carbocycles. The smallest absolute Gasteiger partial charge is 0.169 e. The van der Waals surface area contributed by atoms with E-state index in [1.54, 1.807) is 0 Å². The van der Waals surface area contributed by atoms with Crippen LogP contribution >= 0.6 is 0 Å². The fourth-order valence-electron chi connectivity index (χ4n) is 4.11. The first-order valence-electron chi connectivity index (χ1n) is 8.22. The summed E-state index contributed by atoms with van der Waals surface area (Å²) in [4.78, 5) is 21.5. The number of hydrogen-bond donors (Lipinski definition) is 0. The molecule has 0 spiro atoms. The molecule has 4 nitrogen and oxygen atoms in total. The first-order chi connectivity index (χ1) is 11.2. The SMILES string of the molecule is CC1CCC2=C(C=NC3=CCC(=O)c4c3n2c2ccncc42)C1. The normalized spacial score (nSPS) is 22.7. The molecule has 3 aliphatic rings. The minimum Gasteiger partial charge on any atom is -0.310 e. The van der Waals surface area contributed by atoms with Crippen molar-refractivity contribution in [2.75, 3.05) is 0 Å². The van der Waals surface area contributed by atoms with Crippen LogP contribution in [0.4, 0.5) is 0 Å². The lowest BCUT2D eigenvalue weighted by Gasteiger charge is -2.24. The molecular formula is C19H17N3O. The Morgan fingerprint density at radius 1 is 1.35 bits per heavy atom. The fourth-order valence-corrected chi connectivity index (χ4v) is 4.11. The lowest BCUT2D eigenvalue weighted by Crippen LogP contribution is -2.13. The van der Waals surface area contributed by atoms with Gasteiger partial charge in [-0.15, -0.1) is 0 Å². The van der Waals surface area contributed by atoms with Gasteiger partial charge < -0.3 is 4.57 Å². The van der Waals surface area contributed by atoms with Crippen LogP contribution < -0.4 is 0 Å². The van der Waals surface area contributed by atoms with Gasteiger partial charge in [0.2, 0.25) is 0 Å². The van der Waals surface area contributed by atoms with Crippen LogP contribution in [-0.2, 0) is 0 Å². The van der Waals surface area contributed by atoms with Gasteiger partial charge in [0.25, 0.3) is 0 Å². The highest BCUT2D eigenvalue weighted by Gasteiger charge is 2.32. The molecular weight excluding hydrogens is 286 g/mol. The number of carbonyl (C=O) groups is 1.